The standard InChI is InChI=1S/C29H48O2/c1-19(18-30)8-7-9-20(2)22-11-12-23-21-10-13-25-27(3,4)26(31)15-17-29(25,6)24(21)14-16-28(22,23)5/h13,19-24,30H,7-12,14-18H2,1-6H3/t19?,20?,21-,22+,23-,24-,28+,29+/m0/s1. The van der Waals surface area contributed by atoms with Gasteiger partial charge in [-0.05, 0) is 105 Å². The van der Waals surface area contributed by atoms with Gasteiger partial charge in [-0.15, -0.1) is 0 Å². The van der Waals surface area contributed by atoms with Crippen molar-refractivity contribution >= 4 is 5.78 Å². The molecule has 0 radical (unpaired) electrons. The van der Waals surface area contributed by atoms with E-state index in [4.69, 9.17) is 0 Å². The van der Waals surface area contributed by atoms with Crippen molar-refractivity contribution in [2.24, 2.45) is 51.8 Å². The Labute approximate surface area is 191 Å². The summed E-state index contributed by atoms with van der Waals surface area (Å²) in [4.78, 5) is 12.7. The largest absolute Gasteiger partial charge is 0.396 e. The first-order valence-corrected chi connectivity index (χ1v) is 13.4. The Morgan fingerprint density at radius 2 is 1.77 bits per heavy atom. The average Bonchev–Trinajstić information content (AvgIpc) is 3.08. The molecule has 0 aromatic rings. The van der Waals surface area contributed by atoms with Crippen molar-refractivity contribution < 1.29 is 9.90 Å². The number of hydrogen-bond donors (Lipinski definition) is 1. The van der Waals surface area contributed by atoms with Gasteiger partial charge in [-0.2, -0.15) is 0 Å². The zero-order valence-electron chi connectivity index (χ0n) is 21.2. The van der Waals surface area contributed by atoms with Crippen LogP contribution in [-0.2, 0) is 4.79 Å². The molecule has 0 spiro atoms. The Bertz CT molecular complexity index is 720. The van der Waals surface area contributed by atoms with Crippen molar-refractivity contribution in [2.45, 2.75) is 106 Å². The summed E-state index contributed by atoms with van der Waals surface area (Å²) in [6.45, 7) is 14.6. The van der Waals surface area contributed by atoms with Gasteiger partial charge in [0, 0.05) is 18.4 Å². The smallest absolute Gasteiger partial charge is 0.142 e. The number of carbonyl (C=O) groups is 1. The quantitative estimate of drug-likeness (QED) is 0.454. The van der Waals surface area contributed by atoms with E-state index in [2.05, 4.69) is 47.6 Å². The van der Waals surface area contributed by atoms with E-state index < -0.39 is 0 Å². The fourth-order valence-electron chi connectivity index (χ4n) is 9.28. The summed E-state index contributed by atoms with van der Waals surface area (Å²) in [5.41, 5.74) is 1.98. The number of aliphatic hydroxyl groups is 1. The molecule has 8 atom stereocenters. The number of allylic oxidation sites excluding steroid dienone is 2. The maximum atomic E-state index is 12.7. The van der Waals surface area contributed by atoms with E-state index in [1.807, 2.05) is 0 Å². The van der Waals surface area contributed by atoms with Crippen LogP contribution in [-0.4, -0.2) is 17.5 Å². The predicted octanol–water partition coefficient (Wildman–Crippen LogP) is 7.21. The molecule has 0 aromatic heterocycles. The molecular weight excluding hydrogens is 380 g/mol. The van der Waals surface area contributed by atoms with Crippen molar-refractivity contribution in [3.63, 3.8) is 0 Å². The third-order valence-corrected chi connectivity index (χ3v) is 11.1. The average molecular weight is 429 g/mol. The molecule has 0 saturated heterocycles. The Balaban J connectivity index is 1.51. The lowest BCUT2D eigenvalue weighted by Gasteiger charge is -2.60. The summed E-state index contributed by atoms with van der Waals surface area (Å²) in [6.07, 6.45) is 14.9. The summed E-state index contributed by atoms with van der Waals surface area (Å²) in [5, 5.41) is 9.34. The van der Waals surface area contributed by atoms with E-state index >= 15 is 0 Å². The number of rotatable bonds is 6. The van der Waals surface area contributed by atoms with Crippen LogP contribution in [0.3, 0.4) is 0 Å². The lowest BCUT2D eigenvalue weighted by Crippen LogP contribution is -2.53. The minimum atomic E-state index is -0.253. The summed E-state index contributed by atoms with van der Waals surface area (Å²) in [5.74, 6) is 5.04. The van der Waals surface area contributed by atoms with Gasteiger partial charge in [-0.1, -0.05) is 52.2 Å². The Morgan fingerprint density at radius 3 is 2.48 bits per heavy atom. The molecule has 0 bridgehead atoms. The minimum absolute atomic E-state index is 0.242. The van der Waals surface area contributed by atoms with Gasteiger partial charge in [0.2, 0.25) is 0 Å². The van der Waals surface area contributed by atoms with Gasteiger partial charge >= 0.3 is 0 Å². The molecule has 0 amide bonds. The van der Waals surface area contributed by atoms with Gasteiger partial charge in [0.1, 0.15) is 5.78 Å². The van der Waals surface area contributed by atoms with Crippen LogP contribution in [0.25, 0.3) is 0 Å². The fourth-order valence-corrected chi connectivity index (χ4v) is 9.28. The molecule has 2 nitrogen and oxygen atoms in total. The first-order valence-electron chi connectivity index (χ1n) is 13.4. The third-order valence-electron chi connectivity index (χ3n) is 11.1. The topological polar surface area (TPSA) is 37.3 Å². The monoisotopic (exact) mass is 428 g/mol. The van der Waals surface area contributed by atoms with Gasteiger partial charge in [0.15, 0.2) is 0 Å². The van der Waals surface area contributed by atoms with Crippen LogP contribution in [0.5, 0.6) is 0 Å². The van der Waals surface area contributed by atoms with E-state index in [0.717, 1.165) is 42.4 Å². The van der Waals surface area contributed by atoms with Crippen LogP contribution in [0, 0.1) is 51.8 Å². The van der Waals surface area contributed by atoms with Gasteiger partial charge in [0.05, 0.1) is 0 Å². The van der Waals surface area contributed by atoms with E-state index in [9.17, 15) is 9.90 Å². The van der Waals surface area contributed by atoms with Crippen LogP contribution in [0.4, 0.5) is 0 Å². The highest BCUT2D eigenvalue weighted by atomic mass is 16.3. The maximum Gasteiger partial charge on any atom is 0.142 e. The molecule has 176 valence electrons. The molecule has 2 heteroatoms. The summed E-state index contributed by atoms with van der Waals surface area (Å²) in [6, 6.07) is 0. The van der Waals surface area contributed by atoms with E-state index in [-0.39, 0.29) is 10.8 Å². The lowest BCUT2D eigenvalue weighted by atomic mass is 9.44. The second-order valence-electron chi connectivity index (χ2n) is 13.1. The molecule has 0 aliphatic heterocycles. The maximum absolute atomic E-state index is 12.7. The normalized spacial score (nSPS) is 43.5. The number of carbonyl (C=O) groups excluding carboxylic acids is 1. The van der Waals surface area contributed by atoms with Crippen LogP contribution in [0.2, 0.25) is 0 Å². The van der Waals surface area contributed by atoms with Crippen LogP contribution < -0.4 is 0 Å². The second-order valence-corrected chi connectivity index (χ2v) is 13.1. The molecule has 0 aromatic carbocycles. The summed E-state index contributed by atoms with van der Waals surface area (Å²) < 4.78 is 0. The number of fused-ring (bicyclic) bond motifs is 5. The fraction of sp³-hybridized carbons (Fsp3) is 0.897. The Hall–Kier alpha value is -0.630. The third kappa shape index (κ3) is 3.68. The lowest BCUT2D eigenvalue weighted by molar-refractivity contribution is -0.132. The number of ketones is 1. The van der Waals surface area contributed by atoms with Gasteiger partial charge in [0.25, 0.3) is 0 Å². The van der Waals surface area contributed by atoms with E-state index in [0.29, 0.717) is 23.7 Å². The molecule has 31 heavy (non-hydrogen) atoms. The molecule has 4 aliphatic rings. The van der Waals surface area contributed by atoms with Crippen molar-refractivity contribution in [1.82, 2.24) is 0 Å². The predicted molar refractivity (Wildman–Crippen MR) is 129 cm³/mol. The molecule has 4 rings (SSSR count). The highest BCUT2D eigenvalue weighted by Crippen LogP contribution is 2.68. The van der Waals surface area contributed by atoms with Crippen molar-refractivity contribution in [3.05, 3.63) is 11.6 Å². The SMILES string of the molecule is CC(CO)CCCC(C)[C@H]1CC[C@H]2[C@@H]3CC=C4C(C)(C)C(=O)CC[C@]4(C)[C@H]3CC[C@]12C. The Morgan fingerprint density at radius 1 is 1.03 bits per heavy atom. The van der Waals surface area contributed by atoms with E-state index in [1.54, 1.807) is 0 Å². The molecule has 1 N–H and O–H groups in total. The first kappa shape index (κ1) is 23.5. The molecule has 2 unspecified atom stereocenters. The van der Waals surface area contributed by atoms with Crippen LogP contribution >= 0.6 is 0 Å². The highest BCUT2D eigenvalue weighted by molar-refractivity contribution is 5.89. The number of aliphatic hydroxyl groups excluding tert-OH is 1. The molecule has 3 fully saturated rings. The van der Waals surface area contributed by atoms with E-state index in [1.165, 1.54) is 56.9 Å². The van der Waals surface area contributed by atoms with Crippen molar-refractivity contribution in [2.75, 3.05) is 6.61 Å². The summed E-state index contributed by atoms with van der Waals surface area (Å²) >= 11 is 0. The number of hydrogen-bond acceptors (Lipinski definition) is 2. The van der Waals surface area contributed by atoms with Crippen molar-refractivity contribution in [1.29, 1.82) is 0 Å². The minimum Gasteiger partial charge on any atom is -0.396 e. The molecular formula is C29H48O2. The second kappa shape index (κ2) is 8.30. The molecule has 3 saturated carbocycles. The van der Waals surface area contributed by atoms with Crippen LogP contribution in [0.15, 0.2) is 11.6 Å². The zero-order valence-corrected chi connectivity index (χ0v) is 21.2. The van der Waals surface area contributed by atoms with Gasteiger partial charge < -0.3 is 5.11 Å². The van der Waals surface area contributed by atoms with Crippen molar-refractivity contribution in [3.8, 4) is 0 Å². The van der Waals surface area contributed by atoms with Gasteiger partial charge in [-0.3, -0.25) is 4.79 Å². The Kier molecular flexibility index (Phi) is 6.30. The molecule has 4 aliphatic carbocycles. The molecule has 0 heterocycles. The van der Waals surface area contributed by atoms with Gasteiger partial charge in [-0.25, -0.2) is 0 Å². The first-order chi connectivity index (χ1) is 14.6. The number of Topliss-reactive ketones (excluding diaryl/α,β-unsaturated/α-hetero) is 1. The summed E-state index contributed by atoms with van der Waals surface area (Å²) in [7, 11) is 0. The zero-order chi connectivity index (χ0) is 22.6. The highest BCUT2D eigenvalue weighted by Gasteiger charge is 2.61. The van der Waals surface area contributed by atoms with Crippen LogP contribution in [0.1, 0.15) is 106 Å².